The van der Waals surface area contributed by atoms with Gasteiger partial charge in [-0.05, 0) is 96.5 Å². The van der Waals surface area contributed by atoms with Crippen LogP contribution in [0.5, 0.6) is 0 Å². The molecule has 0 atom stereocenters. The molecule has 1 aliphatic carbocycles. The maximum atomic E-state index is 2.71. The highest BCUT2D eigenvalue weighted by Crippen LogP contribution is 2.57. The molecule has 0 bridgehead atoms. The van der Waals surface area contributed by atoms with Gasteiger partial charge in [0.15, 0.2) is 0 Å². The summed E-state index contributed by atoms with van der Waals surface area (Å²) in [5.41, 5.74) is 21.8. The summed E-state index contributed by atoms with van der Waals surface area (Å²) >= 11 is 0. The van der Waals surface area contributed by atoms with Crippen molar-refractivity contribution < 1.29 is 0 Å². The van der Waals surface area contributed by atoms with Gasteiger partial charge in [0.1, 0.15) is 0 Å². The molecule has 0 fully saturated rings. The molecule has 0 saturated carbocycles. The predicted octanol–water partition coefficient (Wildman–Crippen LogP) is 13.0. The summed E-state index contributed by atoms with van der Waals surface area (Å²) in [6, 6.07) is 70.4. The second-order valence-electron chi connectivity index (χ2n) is 16.8. The molecular formula is C55H37BN2. The summed E-state index contributed by atoms with van der Waals surface area (Å²) in [7, 11) is 0. The largest absolute Gasteiger partial charge is 0.375 e. The highest BCUT2D eigenvalue weighted by Gasteiger charge is 2.48. The number of benzene rings is 9. The molecule has 0 N–H and O–H groups in total. The van der Waals surface area contributed by atoms with Gasteiger partial charge in [-0.3, -0.25) is 0 Å². The van der Waals surface area contributed by atoms with Gasteiger partial charge in [-0.2, -0.15) is 0 Å². The fourth-order valence-corrected chi connectivity index (χ4v) is 11.0. The molecule has 0 amide bonds. The average molecular weight is 737 g/mol. The van der Waals surface area contributed by atoms with Gasteiger partial charge in [-0.15, -0.1) is 0 Å². The highest BCUT2D eigenvalue weighted by molar-refractivity contribution is 6.90. The Morgan fingerprint density at radius 2 is 1.14 bits per heavy atom. The third-order valence-electron chi connectivity index (χ3n) is 13.5. The Morgan fingerprint density at radius 1 is 0.483 bits per heavy atom. The molecule has 2 nitrogen and oxygen atoms in total. The minimum atomic E-state index is -0.179. The van der Waals surface area contributed by atoms with Crippen LogP contribution in [-0.2, 0) is 5.41 Å². The van der Waals surface area contributed by atoms with E-state index in [4.69, 9.17) is 0 Å². The monoisotopic (exact) mass is 736 g/mol. The first-order valence-electron chi connectivity index (χ1n) is 20.5. The van der Waals surface area contributed by atoms with Crippen molar-refractivity contribution in [3.05, 3.63) is 199 Å². The number of rotatable bonds is 3. The molecule has 10 aromatic rings. The number of nitrogens with zero attached hydrogens (tertiary/aromatic N) is 2. The maximum absolute atomic E-state index is 2.71. The van der Waals surface area contributed by atoms with E-state index in [1.165, 1.54) is 111 Å². The topological polar surface area (TPSA) is 8.17 Å². The molecule has 9 aromatic carbocycles. The number of hydrogen-bond donors (Lipinski definition) is 0. The summed E-state index contributed by atoms with van der Waals surface area (Å²) < 4.78 is 2.71. The van der Waals surface area contributed by atoms with Gasteiger partial charge in [0, 0.05) is 49.7 Å². The first-order valence-corrected chi connectivity index (χ1v) is 20.5. The molecule has 3 heterocycles. The zero-order chi connectivity index (χ0) is 38.3. The van der Waals surface area contributed by atoms with Gasteiger partial charge in [0.25, 0.3) is 0 Å². The molecule has 3 heteroatoms. The second-order valence-corrected chi connectivity index (χ2v) is 16.8. The van der Waals surface area contributed by atoms with Crippen LogP contribution in [-0.4, -0.2) is 11.3 Å². The van der Waals surface area contributed by atoms with E-state index >= 15 is 0 Å². The summed E-state index contributed by atoms with van der Waals surface area (Å²) in [5, 5.41) is 5.23. The Morgan fingerprint density at radius 3 is 1.95 bits per heavy atom. The Balaban J connectivity index is 1.20. The summed E-state index contributed by atoms with van der Waals surface area (Å²) in [5.74, 6) is 0. The van der Waals surface area contributed by atoms with Gasteiger partial charge in [-0.1, -0.05) is 172 Å². The predicted molar refractivity (Wildman–Crippen MR) is 246 cm³/mol. The van der Waals surface area contributed by atoms with E-state index in [-0.39, 0.29) is 12.3 Å². The van der Waals surface area contributed by atoms with E-state index in [1.54, 1.807) is 0 Å². The van der Waals surface area contributed by atoms with E-state index < -0.39 is 0 Å². The number of anilines is 3. The lowest BCUT2D eigenvalue weighted by molar-refractivity contribution is 0.660. The molecule has 3 aliphatic rings. The minimum Gasteiger partial charge on any atom is -0.375 e. The zero-order valence-electron chi connectivity index (χ0n) is 32.4. The standard InChI is InChI=1S/C55H37BN2/c1-55(2)45-23-12-11-20-42(45)51-46(55)33-44-41-21-13-22-43-50-40-19-10-9-18-37(40)26-31-49(50)58(53(41)43)56-47-32-38(35-16-7-4-8-17-35)27-30-48(47)57(54(51)52(44)56)39-28-24-36(25-29-39)34-14-5-3-6-15-34/h3-33H,1-2H3. The van der Waals surface area contributed by atoms with Crippen molar-refractivity contribution >= 4 is 67.4 Å². The Hall–Kier alpha value is -7.10. The highest BCUT2D eigenvalue weighted by atomic mass is 15.2. The van der Waals surface area contributed by atoms with Crippen molar-refractivity contribution in [2.45, 2.75) is 19.3 Å². The van der Waals surface area contributed by atoms with Crippen LogP contribution >= 0.6 is 0 Å². The number of aromatic nitrogens is 1. The van der Waals surface area contributed by atoms with Crippen molar-refractivity contribution in [1.29, 1.82) is 0 Å². The van der Waals surface area contributed by atoms with E-state index in [0.29, 0.717) is 0 Å². The Bertz CT molecular complexity index is 3360. The normalized spacial score (nSPS) is 14.1. The summed E-state index contributed by atoms with van der Waals surface area (Å²) in [6.07, 6.45) is 0. The lowest BCUT2D eigenvalue weighted by atomic mass is 9.44. The van der Waals surface area contributed by atoms with Gasteiger partial charge in [0.2, 0.25) is 0 Å². The molecule has 2 aliphatic heterocycles. The minimum absolute atomic E-state index is 0.0549. The SMILES string of the molecule is CC1(C)c2ccccc2-c2c1cc1c3c2N(c2ccc(-c4ccccc4)cc2)c2ccc(-c4ccccc4)cc2B3n2c3ccc4ccccc4c3c3cccc-1c32. The number of para-hydroxylation sites is 1. The second kappa shape index (κ2) is 11.5. The fraction of sp³-hybridized carbons (Fsp3) is 0.0545. The van der Waals surface area contributed by atoms with Gasteiger partial charge < -0.3 is 9.38 Å². The molecule has 1 aromatic heterocycles. The number of fused-ring (bicyclic) bond motifs is 13. The van der Waals surface area contributed by atoms with Crippen molar-refractivity contribution in [3.8, 4) is 44.5 Å². The number of hydrogen-bond acceptors (Lipinski definition) is 1. The van der Waals surface area contributed by atoms with Crippen LogP contribution in [0.3, 0.4) is 0 Å². The van der Waals surface area contributed by atoms with Crippen molar-refractivity contribution in [3.63, 3.8) is 0 Å². The molecule has 0 saturated heterocycles. The maximum Gasteiger partial charge on any atom is 0.333 e. The third-order valence-corrected chi connectivity index (χ3v) is 13.5. The smallest absolute Gasteiger partial charge is 0.333 e. The van der Waals surface area contributed by atoms with Crippen LogP contribution in [0.4, 0.5) is 17.1 Å². The van der Waals surface area contributed by atoms with Crippen LogP contribution in [0.15, 0.2) is 188 Å². The molecule has 13 rings (SSSR count). The van der Waals surface area contributed by atoms with Crippen LogP contribution in [0.1, 0.15) is 25.0 Å². The van der Waals surface area contributed by atoms with Crippen molar-refractivity contribution in [2.75, 3.05) is 4.90 Å². The lowest BCUT2D eigenvalue weighted by Gasteiger charge is -2.42. The summed E-state index contributed by atoms with van der Waals surface area (Å²) in [4.78, 5) is 2.61. The van der Waals surface area contributed by atoms with E-state index in [2.05, 4.69) is 211 Å². The first-order chi connectivity index (χ1) is 28.6. The molecule has 0 spiro atoms. The molecule has 270 valence electrons. The van der Waals surface area contributed by atoms with Crippen molar-refractivity contribution in [1.82, 2.24) is 4.48 Å². The first kappa shape index (κ1) is 32.0. The summed E-state index contributed by atoms with van der Waals surface area (Å²) in [6.45, 7) is 4.78. The van der Waals surface area contributed by atoms with Gasteiger partial charge in [-0.25, -0.2) is 0 Å². The molecule has 0 unspecified atom stereocenters. The van der Waals surface area contributed by atoms with Gasteiger partial charge >= 0.3 is 6.85 Å². The van der Waals surface area contributed by atoms with E-state index in [0.717, 1.165) is 5.69 Å². The molecular weight excluding hydrogens is 699 g/mol. The van der Waals surface area contributed by atoms with Crippen LogP contribution in [0.2, 0.25) is 0 Å². The Labute approximate surface area is 338 Å². The van der Waals surface area contributed by atoms with Gasteiger partial charge in [0.05, 0.1) is 5.69 Å². The molecule has 0 radical (unpaired) electrons. The van der Waals surface area contributed by atoms with Crippen LogP contribution in [0, 0.1) is 0 Å². The quantitative estimate of drug-likeness (QED) is 0.164. The average Bonchev–Trinajstić information content (AvgIpc) is 3.74. The van der Waals surface area contributed by atoms with E-state index in [9.17, 15) is 0 Å². The van der Waals surface area contributed by atoms with Crippen LogP contribution in [0.25, 0.3) is 77.1 Å². The molecule has 58 heavy (non-hydrogen) atoms. The van der Waals surface area contributed by atoms with Crippen LogP contribution < -0.4 is 15.8 Å². The Kier molecular flexibility index (Phi) is 6.35. The zero-order valence-corrected chi connectivity index (χ0v) is 32.4. The van der Waals surface area contributed by atoms with Crippen molar-refractivity contribution in [2.24, 2.45) is 0 Å². The third kappa shape index (κ3) is 4.13. The lowest BCUT2D eigenvalue weighted by Crippen LogP contribution is -2.57. The fourth-order valence-electron chi connectivity index (χ4n) is 11.0. The van der Waals surface area contributed by atoms with E-state index in [1.807, 2.05) is 0 Å².